The van der Waals surface area contributed by atoms with Gasteiger partial charge in [-0.3, -0.25) is 0 Å². The summed E-state index contributed by atoms with van der Waals surface area (Å²) >= 11 is 0. The molecular weight excluding hydrogens is 193 g/mol. The fourth-order valence-electron chi connectivity index (χ4n) is 1.28. The van der Waals surface area contributed by atoms with Gasteiger partial charge in [0.2, 0.25) is 0 Å². The van der Waals surface area contributed by atoms with E-state index in [0.29, 0.717) is 18.7 Å². The second-order valence-electron chi connectivity index (χ2n) is 3.08. The van der Waals surface area contributed by atoms with Crippen molar-refractivity contribution in [3.63, 3.8) is 0 Å². The minimum absolute atomic E-state index is 0.0259. The Labute approximate surface area is 88.0 Å². The lowest BCUT2D eigenvalue weighted by molar-refractivity contribution is 0.623. The van der Waals surface area contributed by atoms with Crippen molar-refractivity contribution < 1.29 is 4.39 Å². The lowest BCUT2D eigenvalue weighted by Gasteiger charge is -2.18. The zero-order valence-electron chi connectivity index (χ0n) is 8.37. The number of halogens is 1. The molecular formula is C11H10FN3. The van der Waals surface area contributed by atoms with Crippen LogP contribution in [0.1, 0.15) is 12.0 Å². The molecule has 0 aliphatic heterocycles. The van der Waals surface area contributed by atoms with Gasteiger partial charge in [0, 0.05) is 13.6 Å². The van der Waals surface area contributed by atoms with Crippen LogP contribution in [-0.4, -0.2) is 13.6 Å². The second kappa shape index (κ2) is 4.97. The number of nitriles is 2. The smallest absolute Gasteiger partial charge is 0.143 e. The lowest BCUT2D eigenvalue weighted by Crippen LogP contribution is -2.19. The number of hydrogen-bond acceptors (Lipinski definition) is 3. The van der Waals surface area contributed by atoms with E-state index in [1.54, 1.807) is 24.1 Å². The largest absolute Gasteiger partial charge is 0.372 e. The first-order valence-electron chi connectivity index (χ1n) is 4.47. The number of nitrogens with zero attached hydrogens (tertiary/aromatic N) is 3. The van der Waals surface area contributed by atoms with Gasteiger partial charge in [0.05, 0.1) is 18.2 Å². The molecule has 0 heterocycles. The van der Waals surface area contributed by atoms with Crippen molar-refractivity contribution in [1.29, 1.82) is 10.5 Å². The molecule has 0 aromatic heterocycles. The van der Waals surface area contributed by atoms with Gasteiger partial charge < -0.3 is 4.90 Å². The van der Waals surface area contributed by atoms with Crippen molar-refractivity contribution >= 4 is 5.69 Å². The van der Waals surface area contributed by atoms with Crippen LogP contribution in [0.5, 0.6) is 0 Å². The van der Waals surface area contributed by atoms with Crippen molar-refractivity contribution in [2.24, 2.45) is 0 Å². The Balaban J connectivity index is 3.00. The van der Waals surface area contributed by atoms with Gasteiger partial charge in [-0.15, -0.1) is 0 Å². The first-order valence-corrected chi connectivity index (χ1v) is 4.47. The van der Waals surface area contributed by atoms with Gasteiger partial charge in [0.15, 0.2) is 0 Å². The Morgan fingerprint density at radius 3 is 2.73 bits per heavy atom. The molecule has 0 aliphatic rings. The zero-order chi connectivity index (χ0) is 11.3. The summed E-state index contributed by atoms with van der Waals surface area (Å²) in [6.07, 6.45) is 0.345. The minimum atomic E-state index is -0.529. The molecule has 1 rings (SSSR count). The Morgan fingerprint density at radius 1 is 1.40 bits per heavy atom. The Bertz CT molecular complexity index is 428. The van der Waals surface area contributed by atoms with E-state index in [1.165, 1.54) is 6.07 Å². The third-order valence-corrected chi connectivity index (χ3v) is 2.07. The molecule has 0 amide bonds. The van der Waals surface area contributed by atoms with E-state index < -0.39 is 5.82 Å². The van der Waals surface area contributed by atoms with Crippen LogP contribution >= 0.6 is 0 Å². The van der Waals surface area contributed by atoms with Crippen molar-refractivity contribution in [3.05, 3.63) is 29.6 Å². The van der Waals surface area contributed by atoms with E-state index in [2.05, 4.69) is 0 Å². The Kier molecular flexibility index (Phi) is 3.65. The van der Waals surface area contributed by atoms with E-state index in [0.717, 1.165) is 0 Å². The first kappa shape index (κ1) is 11.0. The maximum atomic E-state index is 13.2. The van der Waals surface area contributed by atoms with Gasteiger partial charge in [-0.2, -0.15) is 10.5 Å². The van der Waals surface area contributed by atoms with Crippen LogP contribution in [0.4, 0.5) is 10.1 Å². The summed E-state index contributed by atoms with van der Waals surface area (Å²) in [6.45, 7) is 0.481. The highest BCUT2D eigenvalue weighted by Crippen LogP contribution is 2.21. The molecule has 3 nitrogen and oxygen atoms in total. The normalized spacial score (nSPS) is 9.07. The zero-order valence-corrected chi connectivity index (χ0v) is 8.37. The molecule has 0 N–H and O–H groups in total. The van der Waals surface area contributed by atoms with E-state index in [-0.39, 0.29) is 5.56 Å². The fraction of sp³-hybridized carbons (Fsp3) is 0.273. The molecule has 0 fully saturated rings. The Hall–Kier alpha value is -2.07. The SMILES string of the molecule is CN(CCC#N)c1cccc(F)c1C#N. The van der Waals surface area contributed by atoms with E-state index in [4.69, 9.17) is 10.5 Å². The average molecular weight is 203 g/mol. The van der Waals surface area contributed by atoms with Crippen LogP contribution in [-0.2, 0) is 0 Å². The quantitative estimate of drug-likeness (QED) is 0.755. The molecule has 0 saturated heterocycles. The van der Waals surface area contributed by atoms with Gasteiger partial charge in [-0.05, 0) is 12.1 Å². The molecule has 0 unspecified atom stereocenters. The number of rotatable bonds is 3. The first-order chi connectivity index (χ1) is 7.20. The summed E-state index contributed by atoms with van der Waals surface area (Å²) in [4.78, 5) is 1.70. The molecule has 1 aromatic carbocycles. The summed E-state index contributed by atoms with van der Waals surface area (Å²) in [6, 6.07) is 8.29. The predicted molar refractivity (Wildman–Crippen MR) is 54.6 cm³/mol. The molecule has 4 heteroatoms. The molecule has 1 aromatic rings. The van der Waals surface area contributed by atoms with Crippen molar-refractivity contribution in [1.82, 2.24) is 0 Å². The molecule has 0 spiro atoms. The third-order valence-electron chi connectivity index (χ3n) is 2.07. The van der Waals surface area contributed by atoms with Crippen molar-refractivity contribution in [2.45, 2.75) is 6.42 Å². The molecule has 0 radical (unpaired) electrons. The van der Waals surface area contributed by atoms with Crippen LogP contribution in [0, 0.1) is 28.5 Å². The van der Waals surface area contributed by atoms with Crippen LogP contribution in [0.15, 0.2) is 18.2 Å². The van der Waals surface area contributed by atoms with Crippen LogP contribution < -0.4 is 4.90 Å². The third kappa shape index (κ3) is 2.45. The van der Waals surface area contributed by atoms with Gasteiger partial charge >= 0.3 is 0 Å². The van der Waals surface area contributed by atoms with E-state index in [1.807, 2.05) is 12.1 Å². The highest BCUT2D eigenvalue weighted by molar-refractivity contribution is 5.59. The van der Waals surface area contributed by atoms with Crippen LogP contribution in [0.2, 0.25) is 0 Å². The topological polar surface area (TPSA) is 50.8 Å². The highest BCUT2D eigenvalue weighted by Gasteiger charge is 2.10. The Morgan fingerprint density at radius 2 is 2.13 bits per heavy atom. The molecule has 0 bridgehead atoms. The van der Waals surface area contributed by atoms with Crippen molar-refractivity contribution in [3.8, 4) is 12.1 Å². The number of hydrogen-bond donors (Lipinski definition) is 0. The van der Waals surface area contributed by atoms with Gasteiger partial charge in [-0.25, -0.2) is 4.39 Å². The van der Waals surface area contributed by atoms with Gasteiger partial charge in [0.1, 0.15) is 17.4 Å². The summed E-state index contributed by atoms with van der Waals surface area (Å²) < 4.78 is 13.2. The molecule has 15 heavy (non-hydrogen) atoms. The minimum Gasteiger partial charge on any atom is -0.372 e. The number of anilines is 1. The highest BCUT2D eigenvalue weighted by atomic mass is 19.1. The van der Waals surface area contributed by atoms with Gasteiger partial charge in [0.25, 0.3) is 0 Å². The fourth-order valence-corrected chi connectivity index (χ4v) is 1.28. The maximum Gasteiger partial charge on any atom is 0.143 e. The van der Waals surface area contributed by atoms with Gasteiger partial charge in [-0.1, -0.05) is 6.07 Å². The van der Waals surface area contributed by atoms with Crippen LogP contribution in [0.25, 0.3) is 0 Å². The summed E-state index contributed by atoms with van der Waals surface area (Å²) in [5.41, 5.74) is 0.547. The lowest BCUT2D eigenvalue weighted by atomic mass is 10.1. The summed E-state index contributed by atoms with van der Waals surface area (Å²) in [5.74, 6) is -0.529. The number of benzene rings is 1. The molecule has 0 saturated carbocycles. The monoisotopic (exact) mass is 203 g/mol. The predicted octanol–water partition coefficient (Wildman–Crippen LogP) is 2.05. The van der Waals surface area contributed by atoms with Crippen molar-refractivity contribution in [2.75, 3.05) is 18.5 Å². The second-order valence-corrected chi connectivity index (χ2v) is 3.08. The molecule has 0 atom stereocenters. The van der Waals surface area contributed by atoms with E-state index >= 15 is 0 Å². The van der Waals surface area contributed by atoms with Crippen LogP contribution in [0.3, 0.4) is 0 Å². The van der Waals surface area contributed by atoms with E-state index in [9.17, 15) is 4.39 Å². The molecule has 76 valence electrons. The summed E-state index contributed by atoms with van der Waals surface area (Å²) in [7, 11) is 1.73. The average Bonchev–Trinajstić information content (AvgIpc) is 2.25. The molecule has 0 aliphatic carbocycles. The standard InChI is InChI=1S/C11H10FN3/c1-15(7-3-6-13)11-5-2-4-10(12)9(11)8-14/h2,4-5H,3,7H2,1H3. The maximum absolute atomic E-state index is 13.2. The summed E-state index contributed by atoms with van der Waals surface area (Å²) in [5, 5.41) is 17.2.